The van der Waals surface area contributed by atoms with Crippen LogP contribution in [0.5, 0.6) is 5.75 Å². The van der Waals surface area contributed by atoms with Crippen molar-refractivity contribution < 1.29 is 24.1 Å². The minimum atomic E-state index is -0.936. The van der Waals surface area contributed by atoms with Gasteiger partial charge in [0.05, 0.1) is 36.6 Å². The Balaban J connectivity index is 1.47. The van der Waals surface area contributed by atoms with E-state index in [1.165, 1.54) is 6.20 Å². The van der Waals surface area contributed by atoms with Gasteiger partial charge in [0.15, 0.2) is 0 Å². The number of aliphatic hydroxyl groups excluding tert-OH is 1. The first kappa shape index (κ1) is 26.1. The number of halogens is 1. The molecule has 8 heteroatoms. The lowest BCUT2D eigenvalue weighted by Gasteiger charge is -2.41. The molecule has 1 aromatic carbocycles. The predicted octanol–water partition coefficient (Wildman–Crippen LogP) is 5.20. The highest BCUT2D eigenvalue weighted by molar-refractivity contribution is 7.10. The number of aliphatic carboxylic acids is 1. The molecule has 2 aromatic heterocycles. The highest BCUT2D eigenvalue weighted by Crippen LogP contribution is 2.42. The SMILES string of the molecule is COc1ccc2ncc(CF)c(C(O)CCC3(CC(=O)O)CCN(CC#Cc4cccs4)CC3)c2c1. The number of nitrogens with zero attached hydrogens (tertiary/aromatic N) is 2. The van der Waals surface area contributed by atoms with Crippen LogP contribution in [0, 0.1) is 17.3 Å². The summed E-state index contributed by atoms with van der Waals surface area (Å²) in [5.41, 5.74) is 1.09. The second-order valence-corrected chi connectivity index (χ2v) is 10.3. The fraction of sp³-hybridized carbons (Fsp3) is 0.429. The van der Waals surface area contributed by atoms with Crippen molar-refractivity contribution in [1.29, 1.82) is 0 Å². The number of thiophene rings is 1. The minimum Gasteiger partial charge on any atom is -0.497 e. The summed E-state index contributed by atoms with van der Waals surface area (Å²) in [6.45, 7) is 1.42. The molecule has 3 heterocycles. The number of alkyl halides is 1. The molecule has 0 spiro atoms. The Hall–Kier alpha value is -2.99. The number of pyridine rings is 1. The lowest BCUT2D eigenvalue weighted by molar-refractivity contribution is -0.141. The second-order valence-electron chi connectivity index (χ2n) is 9.39. The van der Waals surface area contributed by atoms with Crippen LogP contribution in [-0.4, -0.2) is 52.8 Å². The Morgan fingerprint density at radius 2 is 2.14 bits per heavy atom. The molecule has 6 nitrogen and oxygen atoms in total. The average Bonchev–Trinajstić information content (AvgIpc) is 3.40. The summed E-state index contributed by atoms with van der Waals surface area (Å²) < 4.78 is 19.2. The summed E-state index contributed by atoms with van der Waals surface area (Å²) in [5.74, 6) is 6.15. The third-order valence-corrected chi connectivity index (χ3v) is 7.89. The Labute approximate surface area is 214 Å². The van der Waals surface area contributed by atoms with Crippen LogP contribution in [0.3, 0.4) is 0 Å². The van der Waals surface area contributed by atoms with Gasteiger partial charge in [0, 0.05) is 17.1 Å². The zero-order valence-corrected chi connectivity index (χ0v) is 21.2. The van der Waals surface area contributed by atoms with Crippen LogP contribution in [-0.2, 0) is 11.5 Å². The van der Waals surface area contributed by atoms with Crippen molar-refractivity contribution in [2.24, 2.45) is 5.41 Å². The third kappa shape index (κ3) is 6.22. The quantitative estimate of drug-likeness (QED) is 0.385. The number of carboxylic acids is 1. The number of fused-ring (bicyclic) bond motifs is 1. The van der Waals surface area contributed by atoms with Crippen molar-refractivity contribution in [3.05, 3.63) is 57.9 Å². The van der Waals surface area contributed by atoms with Gasteiger partial charge in [-0.2, -0.15) is 0 Å². The molecule has 1 fully saturated rings. The maximum atomic E-state index is 13.9. The van der Waals surface area contributed by atoms with E-state index < -0.39 is 24.2 Å². The van der Waals surface area contributed by atoms with Crippen molar-refractivity contribution in [3.8, 4) is 17.6 Å². The van der Waals surface area contributed by atoms with Gasteiger partial charge in [-0.05, 0) is 79.4 Å². The Morgan fingerprint density at radius 3 is 2.81 bits per heavy atom. The number of aromatic nitrogens is 1. The lowest BCUT2D eigenvalue weighted by Crippen LogP contribution is -2.41. The van der Waals surface area contributed by atoms with Gasteiger partial charge >= 0.3 is 5.97 Å². The van der Waals surface area contributed by atoms with Gasteiger partial charge in [-0.15, -0.1) is 11.3 Å². The number of rotatable bonds is 9. The molecular formula is C28H31FN2O4S. The first-order valence-electron chi connectivity index (χ1n) is 12.1. The van der Waals surface area contributed by atoms with E-state index in [1.807, 2.05) is 17.5 Å². The van der Waals surface area contributed by atoms with E-state index in [-0.39, 0.29) is 6.42 Å². The summed E-state index contributed by atoms with van der Waals surface area (Å²) >= 11 is 1.61. The van der Waals surface area contributed by atoms with Crippen LogP contribution in [0.2, 0.25) is 0 Å². The Morgan fingerprint density at radius 1 is 1.33 bits per heavy atom. The highest BCUT2D eigenvalue weighted by atomic mass is 32.1. The molecule has 190 valence electrons. The Bertz CT molecular complexity index is 1240. The van der Waals surface area contributed by atoms with E-state index in [9.17, 15) is 19.4 Å². The number of hydrogen-bond acceptors (Lipinski definition) is 6. The molecular weight excluding hydrogens is 479 g/mol. The van der Waals surface area contributed by atoms with Crippen molar-refractivity contribution in [3.63, 3.8) is 0 Å². The minimum absolute atomic E-state index is 0.0509. The Kier molecular flexibility index (Phi) is 8.57. The zero-order valence-electron chi connectivity index (χ0n) is 20.4. The van der Waals surface area contributed by atoms with E-state index in [0.717, 1.165) is 18.0 Å². The maximum absolute atomic E-state index is 13.9. The molecule has 0 radical (unpaired) electrons. The molecule has 3 aromatic rings. The number of methoxy groups -OCH3 is 1. The maximum Gasteiger partial charge on any atom is 0.303 e. The van der Waals surface area contributed by atoms with Crippen molar-refractivity contribution in [1.82, 2.24) is 9.88 Å². The fourth-order valence-corrected chi connectivity index (χ4v) is 5.65. The smallest absolute Gasteiger partial charge is 0.303 e. The van der Waals surface area contributed by atoms with Crippen LogP contribution in [0.1, 0.15) is 54.2 Å². The van der Waals surface area contributed by atoms with Gasteiger partial charge in [-0.3, -0.25) is 14.7 Å². The van der Waals surface area contributed by atoms with E-state index in [0.29, 0.717) is 60.0 Å². The molecule has 1 saturated heterocycles. The van der Waals surface area contributed by atoms with Gasteiger partial charge in [0.25, 0.3) is 0 Å². The van der Waals surface area contributed by atoms with E-state index >= 15 is 0 Å². The average molecular weight is 511 g/mol. The molecule has 2 N–H and O–H groups in total. The summed E-state index contributed by atoms with van der Waals surface area (Å²) in [5, 5.41) is 23.5. The third-order valence-electron chi connectivity index (χ3n) is 7.10. The molecule has 4 rings (SSSR count). The van der Waals surface area contributed by atoms with Crippen LogP contribution in [0.4, 0.5) is 4.39 Å². The lowest BCUT2D eigenvalue weighted by atomic mass is 9.71. The number of hydrogen-bond donors (Lipinski definition) is 2. The van der Waals surface area contributed by atoms with Crippen molar-refractivity contribution in [2.45, 2.75) is 44.9 Å². The number of piperidine rings is 1. The van der Waals surface area contributed by atoms with Gasteiger partial charge < -0.3 is 14.9 Å². The van der Waals surface area contributed by atoms with E-state index in [4.69, 9.17) is 4.74 Å². The first-order chi connectivity index (χ1) is 17.4. The monoisotopic (exact) mass is 510 g/mol. The molecule has 1 atom stereocenters. The van der Waals surface area contributed by atoms with Crippen LogP contribution in [0.25, 0.3) is 10.9 Å². The van der Waals surface area contributed by atoms with Crippen LogP contribution < -0.4 is 4.74 Å². The standard InChI is InChI=1S/C28H31FN2O4S/c1-35-21-6-7-24-23(16-21)27(20(18-29)19-30-24)25(32)8-9-28(17-26(33)34)10-13-31(14-11-28)12-2-4-22-5-3-15-36-22/h3,5-7,15-16,19,25,32H,8-14,17-18H2,1H3,(H,33,34). The molecule has 36 heavy (non-hydrogen) atoms. The number of carboxylic acid groups (broad SMARTS) is 1. The largest absolute Gasteiger partial charge is 0.497 e. The van der Waals surface area contributed by atoms with Gasteiger partial charge in [0.2, 0.25) is 0 Å². The van der Waals surface area contributed by atoms with E-state index in [2.05, 4.69) is 21.7 Å². The molecule has 1 aliphatic heterocycles. The zero-order chi connectivity index (χ0) is 25.5. The molecule has 0 bridgehead atoms. The summed E-state index contributed by atoms with van der Waals surface area (Å²) in [6.07, 6.45) is 2.89. The number of aliphatic hydroxyl groups is 1. The van der Waals surface area contributed by atoms with Crippen molar-refractivity contribution in [2.75, 3.05) is 26.7 Å². The molecule has 1 aliphatic rings. The van der Waals surface area contributed by atoms with Crippen molar-refractivity contribution >= 4 is 28.2 Å². The normalized spacial score (nSPS) is 16.3. The number of ether oxygens (including phenoxy) is 1. The summed E-state index contributed by atoms with van der Waals surface area (Å²) in [4.78, 5) is 19.4. The summed E-state index contributed by atoms with van der Waals surface area (Å²) in [7, 11) is 1.56. The van der Waals surface area contributed by atoms with E-state index in [1.54, 1.807) is 36.6 Å². The molecule has 0 saturated carbocycles. The number of benzene rings is 1. The molecule has 1 unspecified atom stereocenters. The second kappa shape index (κ2) is 11.8. The first-order valence-corrected chi connectivity index (χ1v) is 13.0. The molecule has 0 amide bonds. The number of carbonyl (C=O) groups is 1. The number of likely N-dealkylation sites (tertiary alicyclic amines) is 1. The van der Waals surface area contributed by atoms with Crippen LogP contribution >= 0.6 is 11.3 Å². The predicted molar refractivity (Wildman–Crippen MR) is 139 cm³/mol. The summed E-state index contributed by atoms with van der Waals surface area (Å²) in [6, 6.07) is 9.30. The van der Waals surface area contributed by atoms with Crippen LogP contribution in [0.15, 0.2) is 41.9 Å². The fourth-order valence-electron chi connectivity index (χ4n) is 5.06. The van der Waals surface area contributed by atoms with Gasteiger partial charge in [0.1, 0.15) is 12.4 Å². The topological polar surface area (TPSA) is 82.9 Å². The van der Waals surface area contributed by atoms with Gasteiger partial charge in [-0.25, -0.2) is 4.39 Å². The van der Waals surface area contributed by atoms with Gasteiger partial charge in [-0.1, -0.05) is 17.9 Å². The molecule has 0 aliphatic carbocycles. The highest BCUT2D eigenvalue weighted by Gasteiger charge is 2.37.